The summed E-state index contributed by atoms with van der Waals surface area (Å²) in [5, 5.41) is 56.9. The number of thioether (sulfide) groups is 15. The van der Waals surface area contributed by atoms with E-state index in [4.69, 9.17) is 40.1 Å². The standard InChI is InChI=1S/C26H56OS6Si.C25H48O3S3Si.C20H44OS6Si.C19H36O6S3Si.C19H42O3S3Si/c1-8-27-13-9-17-34(18-10-14-31-24(5)21(2)28,19-11-15-32-25(6)22(3)29)20-12-16-33-26(7)23(4)30;1-8-9-16-32(17-10-13-29-23(5)20(2)26,18-11-14-30-24(6)21(3)27)19-12-15-31-25(7)22(4)28;1-2-21-7-3-17-28(18-4-11-25-14-8-22,19-5-12-26-15-9-23)20-6-13-27-16-10-24;1-2-3-10-29(11-4-7-26-14-17(20)21,12-5-8-27-15-18(22)23)13-6-9-28-16-19(24)25;1-2-3-16-26(17-4-10-23-13-7-20,18-5-11-24-14-8-21)19-6-12-25-15-9-22/h21-26,28-30H,8-20H2,1-7H3;23-25H,8-19H2,1-7H3;22-24H,2-20H2,1H3;2-16H2,1H3,(H,20,21)(H,22,23)(H,24,25);20-22H,2-19H2,1H3. The lowest BCUT2D eigenvalue weighted by atomic mass is 10.3. The highest BCUT2D eigenvalue weighted by Crippen LogP contribution is 2.42. The minimum absolute atomic E-state index is 0.107. The van der Waals surface area contributed by atoms with Crippen LogP contribution < -0.4 is 0 Å². The van der Waals surface area contributed by atoms with Crippen LogP contribution in [-0.2, 0) is 38.2 Å². The zero-order valence-corrected chi connectivity index (χ0v) is 120. The van der Waals surface area contributed by atoms with E-state index in [9.17, 15) is 28.8 Å². The molecule has 0 amide bonds. The van der Waals surface area contributed by atoms with E-state index in [1.54, 1.807) is 20.8 Å². The summed E-state index contributed by atoms with van der Waals surface area (Å²) in [5.74, 6) is 25.5. The summed E-state index contributed by atoms with van der Waals surface area (Å²) < 4.78 is 11.4. The SMILES string of the molecule is CCCC[Si](CCCSC(C)C(C)=O)(CCCSC(C)C(C)=O)CCCSC(C)C(C)=O.CCCC[Si](CCCSCC(=O)O)(CCCSCC(=O)O)CCCSCC(=O)O.CCCC[Si](CCCSCCO)(CCCSCCO)CCCSCCO.CCOCCC[Si](CCCSC(C)C(C)S)(CCCSC(C)C(C)S)CCCSC(C)C(C)S.CCOCCC[Si](CCCSCCS)(CCCSCCS)CCCSCCS. The minimum Gasteiger partial charge on any atom is -0.481 e. The molecule has 0 aromatic rings. The van der Waals surface area contributed by atoms with Gasteiger partial charge in [0.05, 0.1) is 93.2 Å². The van der Waals surface area contributed by atoms with E-state index in [1.807, 2.05) is 91.3 Å². The van der Waals surface area contributed by atoms with Crippen LogP contribution in [0.2, 0.25) is 121 Å². The third-order valence-corrected chi connectivity index (χ3v) is 77.4. The summed E-state index contributed by atoms with van der Waals surface area (Å²) in [6, 6.07) is 28.0. The molecule has 9 unspecified atom stereocenters. The molecule has 0 radical (unpaired) electrons. The van der Waals surface area contributed by atoms with Gasteiger partial charge in [-0.1, -0.05) is 222 Å². The molecule has 0 fully saturated rings. The lowest BCUT2D eigenvalue weighted by Crippen LogP contribution is -2.35. The van der Waals surface area contributed by atoms with Gasteiger partial charge < -0.3 is 40.1 Å². The fraction of sp³-hybridized carbons (Fsp3) is 0.945. The molecule has 0 aliphatic carbocycles. The highest BCUT2D eigenvalue weighted by atomic mass is 32.2. The molecule has 0 heterocycles. The molecule has 892 valence electrons. The largest absolute Gasteiger partial charge is 0.481 e. The second-order valence-electron chi connectivity index (χ2n) is 40.6. The number of hydrogen-bond acceptors (Lipinski definition) is 32. The molecule has 40 heteroatoms. The number of carboxylic acid groups (broad SMARTS) is 3. The Bertz CT molecular complexity index is 2710. The molecule has 14 nitrogen and oxygen atoms in total. The number of carbonyl (C=O) groups excluding carboxylic acids is 3. The van der Waals surface area contributed by atoms with Gasteiger partial charge in [-0.3, -0.25) is 28.8 Å². The van der Waals surface area contributed by atoms with Crippen molar-refractivity contribution < 1.29 is 68.9 Å². The second kappa shape index (κ2) is 117. The fourth-order valence-electron chi connectivity index (χ4n) is 18.3. The number of aliphatic hydroxyl groups is 3. The molecule has 149 heavy (non-hydrogen) atoms. The van der Waals surface area contributed by atoms with Crippen molar-refractivity contribution >= 4 is 328 Å². The molecule has 0 saturated carbocycles. The van der Waals surface area contributed by atoms with Gasteiger partial charge in [0.15, 0.2) is 0 Å². The van der Waals surface area contributed by atoms with Crippen LogP contribution >= 0.6 is 252 Å². The Morgan fingerprint density at radius 3 is 0.570 bits per heavy atom. The Morgan fingerprint density at radius 2 is 0.409 bits per heavy atom. The maximum absolute atomic E-state index is 11.6. The molecule has 0 saturated heterocycles. The van der Waals surface area contributed by atoms with Crippen molar-refractivity contribution in [3.63, 3.8) is 0 Å². The lowest BCUT2D eigenvalue weighted by Gasteiger charge is -2.33. The monoisotopic (exact) mass is 2570 g/mol. The molecule has 9 atom stereocenters. The highest BCUT2D eigenvalue weighted by Gasteiger charge is 2.37. The Hall–Kier alpha value is 5.65. The maximum atomic E-state index is 11.6. The van der Waals surface area contributed by atoms with Crippen molar-refractivity contribution in [1.82, 2.24) is 0 Å². The molecular weight excluding hydrogens is 2350 g/mol. The molecule has 6 N–H and O–H groups in total. The first kappa shape index (κ1) is 163. The van der Waals surface area contributed by atoms with E-state index in [1.165, 1.54) is 347 Å². The Labute approximate surface area is 1020 Å². The number of carbonyl (C=O) groups is 6. The van der Waals surface area contributed by atoms with Crippen LogP contribution in [0.3, 0.4) is 0 Å². The van der Waals surface area contributed by atoms with Gasteiger partial charge in [-0.15, -0.1) is 0 Å². The van der Waals surface area contributed by atoms with Gasteiger partial charge in [0.25, 0.3) is 0 Å². The number of ether oxygens (including phenoxy) is 2. The number of carboxylic acids is 3. The second-order valence-corrected chi connectivity index (χ2v) is 88.9. The minimum atomic E-state index is -1.53. The summed E-state index contributed by atoms with van der Waals surface area (Å²) in [4.78, 5) is 66.8. The molecule has 0 aliphatic rings. The van der Waals surface area contributed by atoms with E-state index < -0.39 is 58.3 Å². The number of rotatable bonds is 109. The van der Waals surface area contributed by atoms with Crippen LogP contribution in [0.15, 0.2) is 0 Å². The summed E-state index contributed by atoms with van der Waals surface area (Å²) in [7, 11) is -6.69. The van der Waals surface area contributed by atoms with Crippen molar-refractivity contribution in [2.24, 2.45) is 0 Å². The van der Waals surface area contributed by atoms with Gasteiger partial charge in [-0.2, -0.15) is 252 Å². The zero-order chi connectivity index (χ0) is 113. The van der Waals surface area contributed by atoms with Crippen molar-refractivity contribution in [1.29, 1.82) is 0 Å². The first-order chi connectivity index (χ1) is 71.4. The van der Waals surface area contributed by atoms with Crippen molar-refractivity contribution in [2.45, 2.75) is 434 Å². The normalized spacial score (nSPS) is 14.5. The van der Waals surface area contributed by atoms with E-state index in [-0.39, 0.29) is 50.4 Å². The molecular formula is C109H226O14S21Si5. The van der Waals surface area contributed by atoms with Crippen LogP contribution in [-0.4, -0.2) is 355 Å². The third kappa shape index (κ3) is 107. The Balaban J connectivity index is -0.000000582. The van der Waals surface area contributed by atoms with Gasteiger partial charge in [-0.25, -0.2) is 0 Å². The third-order valence-electron chi connectivity index (χ3n) is 27.7. The van der Waals surface area contributed by atoms with Crippen molar-refractivity contribution in [3.8, 4) is 0 Å². The van der Waals surface area contributed by atoms with Gasteiger partial charge in [0.2, 0.25) is 0 Å². The number of thiol groups is 6. The number of hydrogen-bond donors (Lipinski definition) is 12. The van der Waals surface area contributed by atoms with Crippen LogP contribution in [0.25, 0.3) is 0 Å². The van der Waals surface area contributed by atoms with Gasteiger partial charge >= 0.3 is 17.9 Å². The summed E-state index contributed by atoms with van der Waals surface area (Å²) in [5.41, 5.74) is 0. The van der Waals surface area contributed by atoms with Crippen LogP contribution in [0.1, 0.15) is 265 Å². The fourth-order valence-corrected chi connectivity index (χ4v) is 62.2. The van der Waals surface area contributed by atoms with Crippen LogP contribution in [0, 0.1) is 0 Å². The predicted octanol–water partition coefficient (Wildman–Crippen LogP) is 33.4. The van der Waals surface area contributed by atoms with Crippen LogP contribution in [0.5, 0.6) is 0 Å². The van der Waals surface area contributed by atoms with Crippen LogP contribution in [0.4, 0.5) is 0 Å². The van der Waals surface area contributed by atoms with E-state index in [0.717, 1.165) is 121 Å². The number of aliphatic hydroxyl groups excluding tert-OH is 3. The summed E-state index contributed by atoms with van der Waals surface area (Å²) in [6.07, 6.45) is 29.2. The molecule has 0 aromatic heterocycles. The van der Waals surface area contributed by atoms with Crippen molar-refractivity contribution in [3.05, 3.63) is 0 Å². The topological polar surface area (TPSA) is 242 Å². The molecule has 0 aromatic carbocycles. The van der Waals surface area contributed by atoms with E-state index in [0.29, 0.717) is 51.3 Å². The molecule has 0 bridgehead atoms. The number of unbranched alkanes of at least 4 members (excludes halogenated alkanes) is 3. The summed E-state index contributed by atoms with van der Waals surface area (Å²) >= 11 is 55.2. The molecule has 0 rings (SSSR count). The first-order valence-corrected chi connectivity index (χ1v) is 91.6. The Kier molecular flexibility index (Phi) is 128. The average molecular weight is 2570 g/mol. The zero-order valence-electron chi connectivity index (χ0n) is 96.9. The number of Topliss-reactive ketones (excluding diaryl/α,β-unsaturated/α-hetero) is 3. The van der Waals surface area contributed by atoms with Gasteiger partial charge in [0, 0.05) is 92.4 Å². The van der Waals surface area contributed by atoms with Crippen molar-refractivity contribution in [2.75, 3.05) is 202 Å². The maximum Gasteiger partial charge on any atom is 0.313 e. The molecule has 0 spiro atoms. The lowest BCUT2D eigenvalue weighted by molar-refractivity contribution is -0.134. The smallest absolute Gasteiger partial charge is 0.313 e. The van der Waals surface area contributed by atoms with Gasteiger partial charge in [-0.05, 0) is 268 Å². The first-order valence-electron chi connectivity index (χ1n) is 57.3. The van der Waals surface area contributed by atoms with E-state index >= 15 is 0 Å². The van der Waals surface area contributed by atoms with E-state index in [2.05, 4.69) is 223 Å². The summed E-state index contributed by atoms with van der Waals surface area (Å²) in [6.45, 7) is 40.3. The van der Waals surface area contributed by atoms with Gasteiger partial charge in [0.1, 0.15) is 17.3 Å². The predicted molar refractivity (Wildman–Crippen MR) is 742 cm³/mol. The number of ketones is 3. The Morgan fingerprint density at radius 1 is 0.242 bits per heavy atom. The average Bonchev–Trinajstić information content (AvgIpc) is 0.931. The molecule has 0 aliphatic heterocycles. The number of aliphatic carboxylic acids is 3. The highest BCUT2D eigenvalue weighted by molar-refractivity contribution is 8.03. The quantitative estimate of drug-likeness (QED) is 0.0154.